The number of ether oxygens (including phenoxy) is 1. The van der Waals surface area contributed by atoms with Crippen molar-refractivity contribution in [2.24, 2.45) is 10.9 Å². The largest absolute Gasteiger partial charge is 0.371 e. The fourth-order valence-corrected chi connectivity index (χ4v) is 1.51. The first-order valence-electron chi connectivity index (χ1n) is 6.95. The van der Waals surface area contributed by atoms with E-state index in [1.807, 2.05) is 13.8 Å². The molecule has 0 aromatic carbocycles. The fourth-order valence-electron chi connectivity index (χ4n) is 1.51. The van der Waals surface area contributed by atoms with Crippen LogP contribution >= 0.6 is 0 Å². The maximum absolute atomic E-state index is 5.41. The third kappa shape index (κ3) is 5.56. The van der Waals surface area contributed by atoms with Crippen molar-refractivity contribution in [3.8, 4) is 0 Å². The highest BCUT2D eigenvalue weighted by atomic mass is 16.5. The van der Waals surface area contributed by atoms with E-state index in [1.54, 1.807) is 7.05 Å². The zero-order valence-electron chi connectivity index (χ0n) is 12.9. The van der Waals surface area contributed by atoms with Gasteiger partial charge >= 0.3 is 0 Å². The molecule has 7 heteroatoms. The van der Waals surface area contributed by atoms with Gasteiger partial charge in [0.2, 0.25) is 5.89 Å². The monoisotopic (exact) mass is 283 g/mol. The van der Waals surface area contributed by atoms with E-state index >= 15 is 0 Å². The van der Waals surface area contributed by atoms with Gasteiger partial charge in [-0.3, -0.25) is 4.99 Å². The lowest BCUT2D eigenvalue weighted by Gasteiger charge is -2.11. The number of hydrogen-bond acceptors (Lipinski definition) is 5. The maximum atomic E-state index is 5.41. The Hall–Kier alpha value is -1.63. The molecule has 0 aliphatic rings. The molecule has 0 spiro atoms. The molecule has 0 bridgehead atoms. The Kier molecular flexibility index (Phi) is 7.00. The summed E-state index contributed by atoms with van der Waals surface area (Å²) in [6.07, 6.45) is -0.157. The summed E-state index contributed by atoms with van der Waals surface area (Å²) in [5.41, 5.74) is 0. The summed E-state index contributed by atoms with van der Waals surface area (Å²) in [4.78, 5) is 8.41. The van der Waals surface area contributed by atoms with Crippen molar-refractivity contribution in [1.29, 1.82) is 0 Å². The second kappa shape index (κ2) is 8.52. The Morgan fingerprint density at radius 2 is 2.10 bits per heavy atom. The van der Waals surface area contributed by atoms with Crippen LogP contribution in [0.4, 0.5) is 0 Å². The molecule has 1 unspecified atom stereocenters. The molecule has 1 rings (SSSR count). The molecule has 1 aromatic heterocycles. The van der Waals surface area contributed by atoms with E-state index in [9.17, 15) is 0 Å². The lowest BCUT2D eigenvalue weighted by atomic mass is 10.2. The summed E-state index contributed by atoms with van der Waals surface area (Å²) in [6.45, 7) is 10.0. The van der Waals surface area contributed by atoms with Crippen LogP contribution in [0.2, 0.25) is 0 Å². The topological polar surface area (TPSA) is 84.6 Å². The number of nitrogens with one attached hydrogen (secondary N) is 2. The van der Waals surface area contributed by atoms with Gasteiger partial charge in [-0.15, -0.1) is 0 Å². The molecule has 1 atom stereocenters. The molecule has 0 radical (unpaired) electrons. The van der Waals surface area contributed by atoms with Crippen LogP contribution in [-0.2, 0) is 11.3 Å². The summed E-state index contributed by atoms with van der Waals surface area (Å²) in [6, 6.07) is 0. The Bertz CT molecular complexity index is 417. The first-order valence-corrected chi connectivity index (χ1v) is 6.95. The van der Waals surface area contributed by atoms with E-state index in [0.29, 0.717) is 30.8 Å². The number of hydrogen-bond donors (Lipinski definition) is 2. The molecule has 20 heavy (non-hydrogen) atoms. The van der Waals surface area contributed by atoms with Gasteiger partial charge in [-0.1, -0.05) is 19.0 Å². The van der Waals surface area contributed by atoms with Crippen LogP contribution in [0, 0.1) is 5.92 Å². The van der Waals surface area contributed by atoms with Gasteiger partial charge in [0.15, 0.2) is 11.8 Å². The molecule has 114 valence electrons. The minimum absolute atomic E-state index is 0.157. The van der Waals surface area contributed by atoms with Gasteiger partial charge in [0, 0.05) is 20.2 Å². The summed E-state index contributed by atoms with van der Waals surface area (Å²) < 4.78 is 10.6. The highest BCUT2D eigenvalue weighted by Gasteiger charge is 2.13. The maximum Gasteiger partial charge on any atom is 0.246 e. The molecule has 0 fully saturated rings. The number of aromatic nitrogens is 2. The lowest BCUT2D eigenvalue weighted by molar-refractivity contribution is 0.0683. The van der Waals surface area contributed by atoms with Gasteiger partial charge < -0.3 is 19.9 Å². The average Bonchev–Trinajstić information content (AvgIpc) is 2.88. The first-order chi connectivity index (χ1) is 9.56. The minimum Gasteiger partial charge on any atom is -0.371 e. The van der Waals surface area contributed by atoms with Crippen LogP contribution < -0.4 is 10.6 Å². The quantitative estimate of drug-likeness (QED) is 0.582. The second-order valence-electron chi connectivity index (χ2n) is 4.84. The van der Waals surface area contributed by atoms with E-state index in [2.05, 4.69) is 39.6 Å². The van der Waals surface area contributed by atoms with Crippen molar-refractivity contribution < 1.29 is 9.26 Å². The molecule has 0 saturated carbocycles. The standard InChI is InChI=1S/C13H25N5O2/c1-6-19-10(4)12-17-11(20-18-12)8-16-13(14-5)15-7-9(2)3/h9-10H,6-8H2,1-5H3,(H2,14,15,16). The van der Waals surface area contributed by atoms with Crippen molar-refractivity contribution in [2.75, 3.05) is 20.2 Å². The van der Waals surface area contributed by atoms with Gasteiger partial charge in [-0.25, -0.2) is 0 Å². The fraction of sp³-hybridized carbons (Fsp3) is 0.769. The number of guanidine groups is 1. The normalized spacial score (nSPS) is 13.6. The SMILES string of the molecule is CCOC(C)c1noc(CNC(=NC)NCC(C)C)n1. The van der Waals surface area contributed by atoms with Gasteiger partial charge in [0.05, 0.1) is 6.54 Å². The number of aliphatic imine (C=N–C) groups is 1. The predicted octanol–water partition coefficient (Wildman–Crippen LogP) is 1.49. The summed E-state index contributed by atoms with van der Waals surface area (Å²) >= 11 is 0. The van der Waals surface area contributed by atoms with E-state index < -0.39 is 0 Å². The van der Waals surface area contributed by atoms with Crippen molar-refractivity contribution >= 4 is 5.96 Å². The molecular weight excluding hydrogens is 258 g/mol. The Balaban J connectivity index is 2.44. The summed E-state index contributed by atoms with van der Waals surface area (Å²) in [7, 11) is 1.73. The molecular formula is C13H25N5O2. The van der Waals surface area contributed by atoms with Crippen molar-refractivity contribution in [2.45, 2.75) is 40.3 Å². The van der Waals surface area contributed by atoms with Crippen LogP contribution in [0.25, 0.3) is 0 Å². The van der Waals surface area contributed by atoms with Gasteiger partial charge in [-0.2, -0.15) is 4.98 Å². The van der Waals surface area contributed by atoms with Gasteiger partial charge in [-0.05, 0) is 19.8 Å². The molecule has 0 saturated heterocycles. The minimum atomic E-state index is -0.157. The van der Waals surface area contributed by atoms with Gasteiger partial charge in [0.1, 0.15) is 6.10 Å². The van der Waals surface area contributed by atoms with E-state index in [-0.39, 0.29) is 6.10 Å². The molecule has 1 aromatic rings. The highest BCUT2D eigenvalue weighted by Crippen LogP contribution is 2.12. The lowest BCUT2D eigenvalue weighted by Crippen LogP contribution is -2.38. The summed E-state index contributed by atoms with van der Waals surface area (Å²) in [5, 5.41) is 10.2. The summed E-state index contributed by atoms with van der Waals surface area (Å²) in [5.74, 6) is 2.35. The molecule has 0 aliphatic carbocycles. The van der Waals surface area contributed by atoms with Crippen LogP contribution in [0.1, 0.15) is 45.5 Å². The second-order valence-corrected chi connectivity index (χ2v) is 4.84. The third-order valence-corrected chi connectivity index (χ3v) is 2.57. The third-order valence-electron chi connectivity index (χ3n) is 2.57. The van der Waals surface area contributed by atoms with Crippen LogP contribution in [0.15, 0.2) is 9.52 Å². The van der Waals surface area contributed by atoms with E-state index in [0.717, 1.165) is 12.5 Å². The van der Waals surface area contributed by atoms with Crippen molar-refractivity contribution in [3.63, 3.8) is 0 Å². The Morgan fingerprint density at radius 3 is 2.70 bits per heavy atom. The van der Waals surface area contributed by atoms with Gasteiger partial charge in [0.25, 0.3) is 0 Å². The number of nitrogens with zero attached hydrogens (tertiary/aromatic N) is 3. The Morgan fingerprint density at radius 1 is 1.35 bits per heavy atom. The molecule has 7 nitrogen and oxygen atoms in total. The zero-order chi connectivity index (χ0) is 15.0. The van der Waals surface area contributed by atoms with E-state index in [1.165, 1.54) is 0 Å². The smallest absolute Gasteiger partial charge is 0.246 e. The Labute approximate surface area is 120 Å². The van der Waals surface area contributed by atoms with Crippen molar-refractivity contribution in [3.05, 3.63) is 11.7 Å². The van der Waals surface area contributed by atoms with Crippen molar-refractivity contribution in [1.82, 2.24) is 20.8 Å². The molecule has 0 aliphatic heterocycles. The predicted molar refractivity (Wildman–Crippen MR) is 77.4 cm³/mol. The zero-order valence-corrected chi connectivity index (χ0v) is 12.9. The molecule has 2 N–H and O–H groups in total. The number of rotatable bonds is 7. The van der Waals surface area contributed by atoms with Crippen LogP contribution in [0.3, 0.4) is 0 Å². The average molecular weight is 283 g/mol. The van der Waals surface area contributed by atoms with E-state index in [4.69, 9.17) is 9.26 Å². The van der Waals surface area contributed by atoms with Crippen LogP contribution in [-0.4, -0.2) is 36.3 Å². The molecule has 1 heterocycles. The van der Waals surface area contributed by atoms with Crippen LogP contribution in [0.5, 0.6) is 0 Å². The molecule has 0 amide bonds. The first kappa shape index (κ1) is 16.4. The highest BCUT2D eigenvalue weighted by molar-refractivity contribution is 5.79.